The maximum atomic E-state index is 11.0. The molecule has 0 spiro atoms. The third-order valence-corrected chi connectivity index (χ3v) is 7.39. The van der Waals surface area contributed by atoms with Crippen molar-refractivity contribution in [2.45, 2.75) is 110 Å². The zero-order valence-corrected chi connectivity index (χ0v) is 19.1. The van der Waals surface area contributed by atoms with E-state index >= 15 is 0 Å². The van der Waals surface area contributed by atoms with Gasteiger partial charge in [-0.1, -0.05) is 33.1 Å². The Morgan fingerprint density at radius 2 is 1.76 bits per heavy atom. The van der Waals surface area contributed by atoms with Crippen molar-refractivity contribution >= 4 is 5.78 Å². The number of nitrogens with zero attached hydrogens (tertiary/aromatic N) is 3. The zero-order chi connectivity index (χ0) is 20.6. The molecule has 0 amide bonds. The highest BCUT2D eigenvalue weighted by molar-refractivity contribution is 5.75. The van der Waals surface area contributed by atoms with E-state index in [-0.39, 0.29) is 0 Å². The Hall–Kier alpha value is -1.16. The number of hydrogen-bond donors (Lipinski definition) is 0. The van der Waals surface area contributed by atoms with Crippen LogP contribution in [0.4, 0.5) is 0 Å². The van der Waals surface area contributed by atoms with Crippen molar-refractivity contribution in [3.63, 3.8) is 0 Å². The number of likely N-dealkylation sites (tertiary alicyclic amines) is 1. The minimum Gasteiger partial charge on any atom is -0.300 e. The normalized spacial score (nSPS) is 24.3. The molecule has 2 fully saturated rings. The lowest BCUT2D eigenvalue weighted by Crippen LogP contribution is -2.43. The summed E-state index contributed by atoms with van der Waals surface area (Å²) in [6.07, 6.45) is 18.4. The highest BCUT2D eigenvalue weighted by atomic mass is 16.1. The van der Waals surface area contributed by atoms with Gasteiger partial charge in [-0.3, -0.25) is 4.68 Å². The number of rotatable bonds is 10. The molecule has 0 atom stereocenters. The second-order valence-corrected chi connectivity index (χ2v) is 10.1. The predicted molar refractivity (Wildman–Crippen MR) is 120 cm³/mol. The van der Waals surface area contributed by atoms with Crippen LogP contribution in [0.25, 0.3) is 0 Å². The van der Waals surface area contributed by atoms with Crippen LogP contribution in [-0.2, 0) is 11.3 Å². The van der Waals surface area contributed by atoms with Gasteiger partial charge in [-0.2, -0.15) is 5.10 Å². The van der Waals surface area contributed by atoms with E-state index < -0.39 is 0 Å². The van der Waals surface area contributed by atoms with Gasteiger partial charge in [0, 0.05) is 25.2 Å². The summed E-state index contributed by atoms with van der Waals surface area (Å²) in [6, 6.07) is 0.835. The summed E-state index contributed by atoms with van der Waals surface area (Å²) in [4.78, 5) is 13.8. The van der Waals surface area contributed by atoms with Crippen LogP contribution in [0.3, 0.4) is 0 Å². The number of hydrogen-bond acceptors (Lipinski definition) is 3. The molecule has 1 aromatic rings. The van der Waals surface area contributed by atoms with E-state index in [4.69, 9.17) is 0 Å². The Morgan fingerprint density at radius 3 is 2.38 bits per heavy atom. The van der Waals surface area contributed by atoms with Gasteiger partial charge in [0.1, 0.15) is 5.78 Å². The maximum absolute atomic E-state index is 11.0. The molecule has 0 N–H and O–H groups in total. The van der Waals surface area contributed by atoms with Gasteiger partial charge in [0.25, 0.3) is 0 Å². The quantitative estimate of drug-likeness (QED) is 0.464. The second-order valence-electron chi connectivity index (χ2n) is 10.1. The molecule has 1 aliphatic carbocycles. The molecule has 0 radical (unpaired) electrons. The first kappa shape index (κ1) is 22.5. The van der Waals surface area contributed by atoms with Gasteiger partial charge >= 0.3 is 0 Å². The summed E-state index contributed by atoms with van der Waals surface area (Å²) in [5.41, 5.74) is 1.36. The second kappa shape index (κ2) is 11.3. The minimum absolute atomic E-state index is 0.346. The molecule has 4 nitrogen and oxygen atoms in total. The fraction of sp³-hybridized carbons (Fsp3) is 0.840. The van der Waals surface area contributed by atoms with Gasteiger partial charge < -0.3 is 9.69 Å². The van der Waals surface area contributed by atoms with Crippen LogP contribution >= 0.6 is 0 Å². The van der Waals surface area contributed by atoms with E-state index in [1.807, 2.05) is 6.20 Å². The Morgan fingerprint density at radius 1 is 1.03 bits per heavy atom. The van der Waals surface area contributed by atoms with Crippen LogP contribution < -0.4 is 0 Å². The molecule has 1 saturated heterocycles. The van der Waals surface area contributed by atoms with E-state index in [1.165, 1.54) is 76.4 Å². The van der Waals surface area contributed by atoms with E-state index in [0.717, 1.165) is 37.3 Å². The third kappa shape index (κ3) is 7.24. The largest absolute Gasteiger partial charge is 0.300 e. The van der Waals surface area contributed by atoms with Gasteiger partial charge in [0.05, 0.1) is 6.20 Å². The summed E-state index contributed by atoms with van der Waals surface area (Å²) in [7, 11) is 0. The predicted octanol–water partition coefficient (Wildman–Crippen LogP) is 5.82. The van der Waals surface area contributed by atoms with Crippen molar-refractivity contribution in [1.29, 1.82) is 0 Å². The average molecular weight is 402 g/mol. The van der Waals surface area contributed by atoms with Crippen molar-refractivity contribution < 1.29 is 4.79 Å². The number of carbonyl (C=O) groups excluding carboxylic acids is 1. The lowest BCUT2D eigenvalue weighted by molar-refractivity contribution is -0.117. The van der Waals surface area contributed by atoms with Gasteiger partial charge in [-0.05, 0) is 88.3 Å². The van der Waals surface area contributed by atoms with Crippen LogP contribution in [0.15, 0.2) is 12.4 Å². The molecule has 1 aliphatic heterocycles. The van der Waals surface area contributed by atoms with E-state index in [1.54, 1.807) is 6.92 Å². The highest BCUT2D eigenvalue weighted by Gasteiger charge is 2.29. The summed E-state index contributed by atoms with van der Waals surface area (Å²) >= 11 is 0. The van der Waals surface area contributed by atoms with E-state index in [9.17, 15) is 4.79 Å². The molecular formula is C25H43N3O. The zero-order valence-electron chi connectivity index (χ0n) is 19.1. The molecule has 3 rings (SSSR count). The standard InChI is InChI=1S/C25H43N3O/c1-20(2)24-17-26-28(19-24)18-23-13-15-27(16-14-23)25-11-9-22(10-12-25)8-6-4-5-7-21(3)29/h17,19-20,22-23,25H,4-16,18H2,1-3H3. The van der Waals surface area contributed by atoms with Crippen LogP contribution in [0.2, 0.25) is 0 Å². The molecule has 2 heterocycles. The lowest BCUT2D eigenvalue weighted by Gasteiger charge is -2.41. The molecule has 4 heteroatoms. The first-order valence-corrected chi connectivity index (χ1v) is 12.3. The van der Waals surface area contributed by atoms with Crippen LogP contribution in [0.5, 0.6) is 0 Å². The average Bonchev–Trinajstić information content (AvgIpc) is 3.17. The van der Waals surface area contributed by atoms with E-state index in [2.05, 4.69) is 34.7 Å². The minimum atomic E-state index is 0.346. The molecule has 1 saturated carbocycles. The highest BCUT2D eigenvalue weighted by Crippen LogP contribution is 2.33. The van der Waals surface area contributed by atoms with Crippen molar-refractivity contribution in [3.8, 4) is 0 Å². The smallest absolute Gasteiger partial charge is 0.129 e. The molecule has 0 aromatic carbocycles. The lowest BCUT2D eigenvalue weighted by atomic mass is 9.81. The van der Waals surface area contributed by atoms with Crippen molar-refractivity contribution in [1.82, 2.24) is 14.7 Å². The van der Waals surface area contributed by atoms with Gasteiger partial charge in [0.2, 0.25) is 0 Å². The molecule has 29 heavy (non-hydrogen) atoms. The van der Waals surface area contributed by atoms with Gasteiger partial charge in [-0.15, -0.1) is 0 Å². The summed E-state index contributed by atoms with van der Waals surface area (Å²) in [5, 5.41) is 4.58. The molecule has 0 bridgehead atoms. The number of unbranched alkanes of at least 4 members (excludes halogenated alkanes) is 2. The van der Waals surface area contributed by atoms with Crippen molar-refractivity contribution in [2.24, 2.45) is 11.8 Å². The summed E-state index contributed by atoms with van der Waals surface area (Å²) in [6.45, 7) is 9.85. The molecule has 1 aromatic heterocycles. The number of piperidine rings is 1. The van der Waals surface area contributed by atoms with E-state index in [0.29, 0.717) is 11.7 Å². The van der Waals surface area contributed by atoms with Crippen LogP contribution in [0, 0.1) is 11.8 Å². The van der Waals surface area contributed by atoms with Crippen molar-refractivity contribution in [2.75, 3.05) is 13.1 Å². The Bertz CT molecular complexity index is 607. The number of ketones is 1. The number of aromatic nitrogens is 2. The topological polar surface area (TPSA) is 38.1 Å². The Kier molecular flexibility index (Phi) is 8.77. The summed E-state index contributed by atoms with van der Waals surface area (Å²) < 4.78 is 2.18. The summed E-state index contributed by atoms with van der Waals surface area (Å²) in [5.74, 6) is 2.65. The SMILES string of the molecule is CC(=O)CCCCCC1CCC(N2CCC(Cn3cc(C(C)C)cn3)CC2)CC1. The number of carbonyl (C=O) groups is 1. The van der Waals surface area contributed by atoms with Gasteiger partial charge in [-0.25, -0.2) is 0 Å². The maximum Gasteiger partial charge on any atom is 0.129 e. The van der Waals surface area contributed by atoms with Crippen molar-refractivity contribution in [3.05, 3.63) is 18.0 Å². The molecule has 0 unspecified atom stereocenters. The van der Waals surface area contributed by atoms with Crippen LogP contribution in [0.1, 0.15) is 103 Å². The van der Waals surface area contributed by atoms with Crippen LogP contribution in [-0.4, -0.2) is 39.6 Å². The first-order chi connectivity index (χ1) is 14.0. The van der Waals surface area contributed by atoms with Gasteiger partial charge in [0.15, 0.2) is 0 Å². The molecular weight excluding hydrogens is 358 g/mol. The Labute approximate surface area is 178 Å². The third-order valence-electron chi connectivity index (χ3n) is 7.39. The fourth-order valence-electron chi connectivity index (χ4n) is 5.33. The first-order valence-electron chi connectivity index (χ1n) is 12.3. The monoisotopic (exact) mass is 401 g/mol. The molecule has 164 valence electrons. The number of Topliss-reactive ketones (excluding diaryl/α,β-unsaturated/α-hetero) is 1. The molecule has 2 aliphatic rings. The Balaban J connectivity index is 1.30. The fourth-order valence-corrected chi connectivity index (χ4v) is 5.33.